The zero-order valence-electron chi connectivity index (χ0n) is 35.9. The minimum Gasteiger partial charge on any atom is -0.493 e. The molecule has 0 bridgehead atoms. The second-order valence-electron chi connectivity index (χ2n) is 16.4. The maximum atomic E-state index is 15.2. The van der Waals surface area contributed by atoms with Gasteiger partial charge in [0.2, 0.25) is 6.29 Å². The topological polar surface area (TPSA) is 139 Å². The van der Waals surface area contributed by atoms with Crippen LogP contribution in [0.2, 0.25) is 0 Å². The van der Waals surface area contributed by atoms with Gasteiger partial charge in [0.15, 0.2) is 34.2 Å². The molecule has 0 saturated carbocycles. The van der Waals surface area contributed by atoms with Crippen molar-refractivity contribution in [3.8, 4) is 23.0 Å². The number of rotatable bonds is 15. The van der Waals surface area contributed by atoms with Gasteiger partial charge in [-0.15, -0.1) is 0 Å². The molecule has 5 heterocycles. The lowest BCUT2D eigenvalue weighted by molar-refractivity contribution is -0.158. The Morgan fingerprint density at radius 2 is 1.51 bits per heavy atom. The van der Waals surface area contributed by atoms with Crippen molar-refractivity contribution in [2.24, 2.45) is 11.8 Å². The summed E-state index contributed by atoms with van der Waals surface area (Å²) in [5.41, 5.74) is 5.47. The van der Waals surface area contributed by atoms with Gasteiger partial charge in [-0.1, -0.05) is 25.5 Å². The molecule has 3 aromatic carbocycles. The molecule has 1 amide bonds. The van der Waals surface area contributed by atoms with E-state index < -0.39 is 12.2 Å². The molecule has 8 rings (SSSR count). The van der Waals surface area contributed by atoms with Crippen molar-refractivity contribution in [1.29, 1.82) is 0 Å². The molecule has 326 valence electrons. The largest absolute Gasteiger partial charge is 0.493 e. The van der Waals surface area contributed by atoms with Crippen molar-refractivity contribution in [3.05, 3.63) is 105 Å². The fourth-order valence-electron chi connectivity index (χ4n) is 10.1. The number of hydrogen-bond donors (Lipinski definition) is 1. The Morgan fingerprint density at radius 3 is 2.23 bits per heavy atom. The Balaban J connectivity index is 1.15. The van der Waals surface area contributed by atoms with Crippen LogP contribution in [-0.2, 0) is 31.8 Å². The second-order valence-corrected chi connectivity index (χ2v) is 16.4. The van der Waals surface area contributed by atoms with E-state index in [1.54, 1.807) is 46.6 Å². The van der Waals surface area contributed by atoms with E-state index in [-0.39, 0.29) is 61.5 Å². The minimum absolute atomic E-state index is 0.101. The van der Waals surface area contributed by atoms with Crippen LogP contribution in [0.5, 0.6) is 23.0 Å². The Hall–Kier alpha value is -5.08. The third-order valence-electron chi connectivity index (χ3n) is 13.2. The highest BCUT2D eigenvalue weighted by molar-refractivity contribution is 5.92. The number of allylic oxidation sites excluding steroid dienone is 1. The molecule has 61 heavy (non-hydrogen) atoms. The first-order valence-corrected chi connectivity index (χ1v) is 21.5. The van der Waals surface area contributed by atoms with Gasteiger partial charge in [0.05, 0.1) is 72.6 Å². The first kappa shape index (κ1) is 42.6. The van der Waals surface area contributed by atoms with Crippen molar-refractivity contribution >= 4 is 16.9 Å². The highest BCUT2D eigenvalue weighted by Gasteiger charge is 2.43. The van der Waals surface area contributed by atoms with Crippen molar-refractivity contribution < 1.29 is 47.5 Å². The maximum Gasteiger partial charge on any atom is 0.289 e. The summed E-state index contributed by atoms with van der Waals surface area (Å²) in [6.07, 6.45) is 6.93. The van der Waals surface area contributed by atoms with Gasteiger partial charge in [-0.3, -0.25) is 14.5 Å². The van der Waals surface area contributed by atoms with Crippen LogP contribution >= 0.6 is 0 Å². The standard InChI is InChI=1S/C48H58N2O11/c1-6-29-27-49-13-11-30-21-41(54-2)43(56-4)25-35(30)38(49)19-32(29)20-39-36-26-44(57-5)42(55-3)22-31(36)12-14-50(39)48(53)45-23-33(24-46(61-45)59-18-17-58-16-15-51)37-28-60-40-10-8-7-9-34(40)47(37)52/h7-10,21-23,25-26,28-29,32-33,38-39,46,51H,6,11-20,24,27H2,1-5H3/t29-,32+,33-,38-,39+,46+/m0/s1. The van der Waals surface area contributed by atoms with Gasteiger partial charge in [-0.2, -0.15) is 0 Å². The van der Waals surface area contributed by atoms with E-state index in [9.17, 15) is 9.90 Å². The molecule has 13 heteroatoms. The van der Waals surface area contributed by atoms with E-state index in [2.05, 4.69) is 24.0 Å². The number of aliphatic hydroxyl groups excluding tert-OH is 1. The molecular formula is C48H58N2O11. The number of piperidine rings is 1. The summed E-state index contributed by atoms with van der Waals surface area (Å²) in [5, 5.41) is 9.66. The number of aliphatic hydroxyl groups is 1. The van der Waals surface area contributed by atoms with Gasteiger partial charge >= 0.3 is 0 Å². The number of fused-ring (bicyclic) bond motifs is 5. The zero-order chi connectivity index (χ0) is 42.6. The predicted octanol–water partition coefficient (Wildman–Crippen LogP) is 6.73. The van der Waals surface area contributed by atoms with Gasteiger partial charge in [0.1, 0.15) is 5.58 Å². The normalized spacial score (nSPS) is 23.6. The summed E-state index contributed by atoms with van der Waals surface area (Å²) in [5.74, 6) is 2.77. The summed E-state index contributed by atoms with van der Waals surface area (Å²) in [4.78, 5) is 33.7. The molecule has 0 radical (unpaired) electrons. The van der Waals surface area contributed by atoms with Gasteiger partial charge in [0, 0.05) is 43.6 Å². The second kappa shape index (κ2) is 18.9. The van der Waals surface area contributed by atoms with E-state index in [0.717, 1.165) is 61.4 Å². The molecule has 1 aromatic heterocycles. The summed E-state index contributed by atoms with van der Waals surface area (Å²) < 4.78 is 47.0. The van der Waals surface area contributed by atoms with E-state index in [0.29, 0.717) is 53.3 Å². The van der Waals surface area contributed by atoms with Crippen LogP contribution in [0.15, 0.2) is 75.8 Å². The minimum atomic E-state index is -0.840. The van der Waals surface area contributed by atoms with Crippen LogP contribution in [0, 0.1) is 11.8 Å². The number of carbonyl (C=O) groups excluding carboxylic acids is 1. The molecule has 0 spiro atoms. The van der Waals surface area contributed by atoms with Crippen molar-refractivity contribution in [2.75, 3.05) is 74.5 Å². The third kappa shape index (κ3) is 8.58. The molecule has 1 saturated heterocycles. The van der Waals surface area contributed by atoms with Crippen LogP contribution in [-0.4, -0.2) is 102 Å². The lowest BCUT2D eigenvalue weighted by atomic mass is 9.72. The first-order valence-electron chi connectivity index (χ1n) is 21.5. The molecule has 4 aromatic rings. The first-order chi connectivity index (χ1) is 29.8. The number of nitrogens with zero attached hydrogens (tertiary/aromatic N) is 2. The number of benzene rings is 3. The highest BCUT2D eigenvalue weighted by Crippen LogP contribution is 2.50. The van der Waals surface area contributed by atoms with E-state index in [1.807, 2.05) is 29.2 Å². The lowest BCUT2D eigenvalue weighted by Gasteiger charge is -2.49. The summed E-state index contributed by atoms with van der Waals surface area (Å²) in [6.45, 7) is 5.15. The molecule has 0 unspecified atom stereocenters. The summed E-state index contributed by atoms with van der Waals surface area (Å²) in [6, 6.07) is 15.4. The molecule has 1 fully saturated rings. The average Bonchev–Trinajstić information content (AvgIpc) is 3.30. The highest BCUT2D eigenvalue weighted by atomic mass is 16.7. The van der Waals surface area contributed by atoms with Crippen molar-refractivity contribution in [3.63, 3.8) is 0 Å². The van der Waals surface area contributed by atoms with Crippen LogP contribution in [0.3, 0.4) is 0 Å². The lowest BCUT2D eigenvalue weighted by Crippen LogP contribution is -2.48. The van der Waals surface area contributed by atoms with Gasteiger partial charge < -0.3 is 47.6 Å². The van der Waals surface area contributed by atoms with E-state index >= 15 is 4.79 Å². The van der Waals surface area contributed by atoms with Crippen LogP contribution < -0.4 is 24.4 Å². The Labute approximate surface area is 357 Å². The third-order valence-corrected chi connectivity index (χ3v) is 13.2. The van der Waals surface area contributed by atoms with E-state index in [4.69, 9.17) is 37.6 Å². The van der Waals surface area contributed by atoms with Crippen molar-refractivity contribution in [1.82, 2.24) is 9.80 Å². The molecule has 6 atom stereocenters. The monoisotopic (exact) mass is 838 g/mol. The smallest absolute Gasteiger partial charge is 0.289 e. The molecule has 4 aliphatic heterocycles. The zero-order valence-corrected chi connectivity index (χ0v) is 35.9. The number of amides is 1. The van der Waals surface area contributed by atoms with Crippen molar-refractivity contribution in [2.45, 2.75) is 69.7 Å². The number of para-hydroxylation sites is 1. The van der Waals surface area contributed by atoms with Gasteiger partial charge in [0.25, 0.3) is 5.91 Å². The molecule has 0 aliphatic carbocycles. The predicted molar refractivity (Wildman–Crippen MR) is 228 cm³/mol. The Morgan fingerprint density at radius 1 is 0.820 bits per heavy atom. The average molecular weight is 839 g/mol. The Bertz CT molecular complexity index is 2290. The summed E-state index contributed by atoms with van der Waals surface area (Å²) in [7, 11) is 6.64. The molecule has 4 aliphatic rings. The molecule has 13 nitrogen and oxygen atoms in total. The van der Waals surface area contributed by atoms with E-state index in [1.165, 1.54) is 17.4 Å². The fraction of sp³-hybridized carbons (Fsp3) is 0.500. The van der Waals surface area contributed by atoms with Gasteiger partial charge in [-0.05, 0) is 102 Å². The van der Waals surface area contributed by atoms with Crippen LogP contribution in [0.4, 0.5) is 0 Å². The molecular weight excluding hydrogens is 781 g/mol. The molecule has 1 N–H and O–H groups in total. The Kier molecular flexibility index (Phi) is 13.2. The fourth-order valence-corrected chi connectivity index (χ4v) is 10.1. The number of ether oxygens (including phenoxy) is 7. The number of methoxy groups -OCH3 is 4. The van der Waals surface area contributed by atoms with Gasteiger partial charge in [-0.25, -0.2) is 0 Å². The number of carbonyl (C=O) groups is 1. The number of hydrogen-bond acceptors (Lipinski definition) is 12. The van der Waals surface area contributed by atoms with Crippen LogP contribution in [0.1, 0.15) is 78.4 Å². The summed E-state index contributed by atoms with van der Waals surface area (Å²) >= 11 is 0. The van der Waals surface area contributed by atoms with Crippen LogP contribution in [0.25, 0.3) is 11.0 Å². The maximum absolute atomic E-state index is 15.2. The quantitative estimate of drug-likeness (QED) is 0.127. The SMILES string of the molecule is CC[C@H]1CN2CCc3cc(OC)c(OC)cc3[C@@H]2C[C@@H]1C[C@@H]1c2cc(OC)c(OC)cc2CCN1C(=O)C1=C[C@H](c2coc3ccccc3c2=O)C[C@H](OCCOCCO)O1.